The molecule has 6 heteroatoms. The third-order valence-electron chi connectivity index (χ3n) is 0.957. The summed E-state index contributed by atoms with van der Waals surface area (Å²) in [6, 6.07) is 0. The fourth-order valence-corrected chi connectivity index (χ4v) is 1.88. The lowest BCUT2D eigenvalue weighted by Gasteiger charge is -2.06. The molecule has 0 saturated heterocycles. The minimum absolute atomic E-state index is 0.156. The van der Waals surface area contributed by atoms with Gasteiger partial charge < -0.3 is 0 Å². The predicted octanol–water partition coefficient (Wildman–Crippen LogP) is 1.04. The molecule has 0 fully saturated rings. The summed E-state index contributed by atoms with van der Waals surface area (Å²) in [5.41, 5.74) is 0. The highest BCUT2D eigenvalue weighted by atomic mass is 32.2. The van der Waals surface area contributed by atoms with Gasteiger partial charge in [0.25, 0.3) is 0 Å². The fourth-order valence-electron chi connectivity index (χ4n) is 0.454. The Balaban J connectivity index is 3.66. The molecule has 12 heavy (non-hydrogen) atoms. The van der Waals surface area contributed by atoms with Gasteiger partial charge in [0.05, 0.1) is 17.0 Å². The van der Waals surface area contributed by atoms with Crippen LogP contribution in [0.2, 0.25) is 0 Å². The van der Waals surface area contributed by atoms with Crippen LogP contribution in [0.15, 0.2) is 9.98 Å². The van der Waals surface area contributed by atoms with Gasteiger partial charge >= 0.3 is 0 Å². The highest BCUT2D eigenvalue weighted by Crippen LogP contribution is 2.21. The van der Waals surface area contributed by atoms with E-state index >= 15 is 0 Å². The second kappa shape index (κ2) is 8.56. The van der Waals surface area contributed by atoms with Crippen LogP contribution in [0.4, 0.5) is 0 Å². The van der Waals surface area contributed by atoms with E-state index in [0.717, 1.165) is 0 Å². The zero-order valence-corrected chi connectivity index (χ0v) is 8.15. The second-order valence-corrected chi connectivity index (χ2v) is 4.14. The molecule has 4 nitrogen and oxygen atoms in total. The molecule has 1 atom stereocenters. The van der Waals surface area contributed by atoms with Gasteiger partial charge in [-0.05, 0) is 6.26 Å². The first-order chi connectivity index (χ1) is 5.85. The first-order valence-electron chi connectivity index (χ1n) is 3.06. The van der Waals surface area contributed by atoms with E-state index in [2.05, 4.69) is 9.98 Å². The fraction of sp³-hybridized carbons (Fsp3) is 0.667. The van der Waals surface area contributed by atoms with E-state index in [4.69, 9.17) is 0 Å². The SMILES string of the molecule is CSC(CN=C=O)SCN=C=O. The number of aliphatic imine (C=N–C) groups is 2. The third-order valence-corrected chi connectivity index (χ3v) is 3.42. The Morgan fingerprint density at radius 2 is 2.00 bits per heavy atom. The summed E-state index contributed by atoms with van der Waals surface area (Å²) in [5.74, 6) is 0.364. The van der Waals surface area contributed by atoms with Gasteiger partial charge in [-0.3, -0.25) is 0 Å². The van der Waals surface area contributed by atoms with Gasteiger partial charge in [-0.15, -0.1) is 23.5 Å². The first kappa shape index (κ1) is 11.5. The molecule has 0 aromatic carbocycles. The van der Waals surface area contributed by atoms with E-state index in [-0.39, 0.29) is 4.58 Å². The molecule has 0 rings (SSSR count). The Hall–Kier alpha value is -0.540. The Kier molecular flexibility index (Phi) is 8.17. The maximum absolute atomic E-state index is 9.76. The molecule has 0 aliphatic carbocycles. The summed E-state index contributed by atoms with van der Waals surface area (Å²) in [6.07, 6.45) is 4.81. The van der Waals surface area contributed by atoms with Gasteiger partial charge in [0.15, 0.2) is 0 Å². The lowest BCUT2D eigenvalue weighted by atomic mass is 10.8. The first-order valence-corrected chi connectivity index (χ1v) is 5.40. The zero-order chi connectivity index (χ0) is 9.23. The molecule has 0 N–H and O–H groups in total. The van der Waals surface area contributed by atoms with Crippen LogP contribution in [0.25, 0.3) is 0 Å². The van der Waals surface area contributed by atoms with Gasteiger partial charge in [0, 0.05) is 0 Å². The average molecular weight is 204 g/mol. The van der Waals surface area contributed by atoms with Crippen molar-refractivity contribution in [2.24, 2.45) is 9.98 Å². The largest absolute Gasteiger partial charge is 0.235 e. The zero-order valence-electron chi connectivity index (χ0n) is 6.52. The van der Waals surface area contributed by atoms with Gasteiger partial charge in [-0.25, -0.2) is 14.6 Å². The number of thioether (sulfide) groups is 2. The monoisotopic (exact) mass is 204 g/mol. The van der Waals surface area contributed by atoms with Crippen LogP contribution in [0.1, 0.15) is 0 Å². The van der Waals surface area contributed by atoms with E-state index in [0.29, 0.717) is 12.4 Å². The van der Waals surface area contributed by atoms with Gasteiger partial charge in [0.1, 0.15) is 0 Å². The number of isocyanates is 2. The van der Waals surface area contributed by atoms with Crippen molar-refractivity contribution in [3.05, 3.63) is 0 Å². The maximum Gasteiger partial charge on any atom is 0.235 e. The van der Waals surface area contributed by atoms with E-state index in [9.17, 15) is 9.59 Å². The van der Waals surface area contributed by atoms with Gasteiger partial charge in [-0.2, -0.15) is 4.99 Å². The van der Waals surface area contributed by atoms with Crippen molar-refractivity contribution in [1.29, 1.82) is 0 Å². The average Bonchev–Trinajstić information content (AvgIpc) is 2.11. The van der Waals surface area contributed by atoms with Crippen molar-refractivity contribution in [1.82, 2.24) is 0 Å². The number of rotatable bonds is 6. The Morgan fingerprint density at radius 3 is 2.50 bits per heavy atom. The van der Waals surface area contributed by atoms with Gasteiger partial charge in [-0.1, -0.05) is 0 Å². The minimum atomic E-state index is 0.156. The number of nitrogens with zero attached hydrogens (tertiary/aromatic N) is 2. The quantitative estimate of drug-likeness (QED) is 0.368. The van der Waals surface area contributed by atoms with Crippen molar-refractivity contribution >= 4 is 35.7 Å². The Bertz CT molecular complexity index is 210. The molecule has 0 aromatic heterocycles. The van der Waals surface area contributed by atoms with Crippen molar-refractivity contribution in [3.63, 3.8) is 0 Å². The molecule has 0 heterocycles. The van der Waals surface area contributed by atoms with Crippen LogP contribution < -0.4 is 0 Å². The molecule has 0 amide bonds. The highest BCUT2D eigenvalue weighted by molar-refractivity contribution is 8.16. The normalized spacial score (nSPS) is 11.1. The van der Waals surface area contributed by atoms with Crippen molar-refractivity contribution < 1.29 is 9.59 Å². The molecule has 0 spiro atoms. The van der Waals surface area contributed by atoms with E-state index < -0.39 is 0 Å². The Labute approximate surface area is 78.9 Å². The third kappa shape index (κ3) is 6.19. The lowest BCUT2D eigenvalue weighted by molar-refractivity contribution is 0.563. The summed E-state index contributed by atoms with van der Waals surface area (Å²) in [7, 11) is 0. The van der Waals surface area contributed by atoms with Gasteiger partial charge in [0.2, 0.25) is 12.2 Å². The molecule has 0 aliphatic heterocycles. The van der Waals surface area contributed by atoms with Crippen LogP contribution in [-0.2, 0) is 9.59 Å². The molecule has 0 radical (unpaired) electrons. The molecular formula is C6H8N2O2S2. The molecular weight excluding hydrogens is 196 g/mol. The van der Waals surface area contributed by atoms with Crippen LogP contribution in [0, 0.1) is 0 Å². The maximum atomic E-state index is 9.76. The summed E-state index contributed by atoms with van der Waals surface area (Å²) in [4.78, 5) is 26.3. The van der Waals surface area contributed by atoms with Crippen molar-refractivity contribution in [3.8, 4) is 0 Å². The smallest absolute Gasteiger partial charge is 0.211 e. The standard InChI is InChI=1S/C6H8N2O2S2/c1-11-6(2-7-3-9)12-5-8-4-10/h6H,2,5H2,1H3. The van der Waals surface area contributed by atoms with Crippen LogP contribution in [0.5, 0.6) is 0 Å². The molecule has 0 aliphatic rings. The lowest BCUT2D eigenvalue weighted by Crippen LogP contribution is -2.01. The van der Waals surface area contributed by atoms with Crippen molar-refractivity contribution in [2.75, 3.05) is 18.7 Å². The summed E-state index contributed by atoms with van der Waals surface area (Å²) in [5, 5.41) is 0. The summed E-state index contributed by atoms with van der Waals surface area (Å²) >= 11 is 3.01. The number of hydrogen-bond donors (Lipinski definition) is 0. The predicted molar refractivity (Wildman–Crippen MR) is 50.9 cm³/mol. The Morgan fingerprint density at radius 1 is 1.33 bits per heavy atom. The molecule has 1 unspecified atom stereocenters. The minimum Gasteiger partial charge on any atom is -0.211 e. The number of carbonyl (C=O) groups excluding carboxylic acids is 2. The highest BCUT2D eigenvalue weighted by Gasteiger charge is 2.04. The van der Waals surface area contributed by atoms with Crippen LogP contribution in [-0.4, -0.2) is 35.4 Å². The topological polar surface area (TPSA) is 58.9 Å². The number of hydrogen-bond acceptors (Lipinski definition) is 6. The molecule has 66 valence electrons. The van der Waals surface area contributed by atoms with E-state index in [1.165, 1.54) is 23.9 Å². The summed E-state index contributed by atoms with van der Waals surface area (Å²) < 4.78 is 0.156. The molecule has 0 aromatic rings. The summed E-state index contributed by atoms with van der Waals surface area (Å²) in [6.45, 7) is 0.406. The molecule has 0 saturated carbocycles. The second-order valence-electron chi connectivity index (χ2n) is 1.64. The van der Waals surface area contributed by atoms with E-state index in [1.807, 2.05) is 6.26 Å². The molecule has 0 bridgehead atoms. The van der Waals surface area contributed by atoms with Crippen LogP contribution in [0.3, 0.4) is 0 Å². The van der Waals surface area contributed by atoms with E-state index in [1.54, 1.807) is 11.8 Å². The van der Waals surface area contributed by atoms with Crippen LogP contribution >= 0.6 is 23.5 Å². The van der Waals surface area contributed by atoms with Crippen molar-refractivity contribution in [2.45, 2.75) is 4.58 Å².